The van der Waals surface area contributed by atoms with Crippen LogP contribution in [0.3, 0.4) is 0 Å². The van der Waals surface area contributed by atoms with Crippen LogP contribution in [0, 0.1) is 12.8 Å². The SMILES string of the molecule is CCCNC(CSc1cc(C)nn1C)C1CCOC1. The third-order valence-corrected chi connectivity index (χ3v) is 4.76. The summed E-state index contributed by atoms with van der Waals surface area (Å²) >= 11 is 1.90. The number of hydrogen-bond acceptors (Lipinski definition) is 4. The standard InChI is InChI=1S/C14H25N3OS/c1-4-6-15-13(12-5-7-18-9-12)10-19-14-8-11(2)16-17(14)3/h8,12-13,15H,4-7,9-10H2,1-3H3. The summed E-state index contributed by atoms with van der Waals surface area (Å²) in [5.74, 6) is 1.75. The van der Waals surface area contributed by atoms with Crippen LogP contribution in [0.25, 0.3) is 0 Å². The van der Waals surface area contributed by atoms with E-state index in [1.165, 1.54) is 17.9 Å². The van der Waals surface area contributed by atoms with Gasteiger partial charge in [0.05, 0.1) is 17.3 Å². The highest BCUT2D eigenvalue weighted by molar-refractivity contribution is 7.99. The van der Waals surface area contributed by atoms with E-state index in [0.717, 1.165) is 31.2 Å². The molecule has 0 aliphatic carbocycles. The van der Waals surface area contributed by atoms with Gasteiger partial charge in [0.15, 0.2) is 0 Å². The summed E-state index contributed by atoms with van der Waals surface area (Å²) in [6, 6.07) is 2.70. The molecule has 1 fully saturated rings. The smallest absolute Gasteiger partial charge is 0.0939 e. The van der Waals surface area contributed by atoms with Crippen LogP contribution in [0.5, 0.6) is 0 Å². The number of nitrogens with one attached hydrogen (secondary N) is 1. The van der Waals surface area contributed by atoms with Crippen LogP contribution in [0.4, 0.5) is 0 Å². The minimum Gasteiger partial charge on any atom is -0.381 e. The summed E-state index contributed by atoms with van der Waals surface area (Å²) in [6.45, 7) is 7.18. The number of ether oxygens (including phenoxy) is 1. The molecule has 0 bridgehead atoms. The van der Waals surface area contributed by atoms with Gasteiger partial charge in [-0.3, -0.25) is 4.68 Å². The zero-order valence-electron chi connectivity index (χ0n) is 12.2. The molecule has 0 saturated carbocycles. The molecule has 1 aromatic heterocycles. The van der Waals surface area contributed by atoms with Gasteiger partial charge in [-0.05, 0) is 32.4 Å². The van der Waals surface area contributed by atoms with Crippen LogP contribution in [0.2, 0.25) is 0 Å². The summed E-state index contributed by atoms with van der Waals surface area (Å²) < 4.78 is 7.51. The van der Waals surface area contributed by atoms with Crippen molar-refractivity contribution in [2.75, 3.05) is 25.5 Å². The average Bonchev–Trinajstić information content (AvgIpc) is 3.00. The topological polar surface area (TPSA) is 39.1 Å². The molecule has 5 heteroatoms. The molecule has 0 aromatic carbocycles. The van der Waals surface area contributed by atoms with Crippen molar-refractivity contribution in [3.05, 3.63) is 11.8 Å². The lowest BCUT2D eigenvalue weighted by molar-refractivity contribution is 0.179. The molecule has 2 rings (SSSR count). The van der Waals surface area contributed by atoms with Crippen LogP contribution >= 0.6 is 11.8 Å². The van der Waals surface area contributed by atoms with Crippen molar-refractivity contribution in [3.63, 3.8) is 0 Å². The average molecular weight is 283 g/mol. The second kappa shape index (κ2) is 7.31. The number of aromatic nitrogens is 2. The molecule has 2 atom stereocenters. The fraction of sp³-hybridized carbons (Fsp3) is 0.786. The van der Waals surface area contributed by atoms with Crippen molar-refractivity contribution in [1.29, 1.82) is 0 Å². The van der Waals surface area contributed by atoms with Gasteiger partial charge in [0.2, 0.25) is 0 Å². The highest BCUT2D eigenvalue weighted by atomic mass is 32.2. The predicted molar refractivity (Wildman–Crippen MR) is 79.7 cm³/mol. The van der Waals surface area contributed by atoms with Gasteiger partial charge in [-0.15, -0.1) is 11.8 Å². The van der Waals surface area contributed by atoms with Crippen molar-refractivity contribution in [1.82, 2.24) is 15.1 Å². The fourth-order valence-electron chi connectivity index (χ4n) is 2.46. The molecule has 4 nitrogen and oxygen atoms in total. The van der Waals surface area contributed by atoms with E-state index in [1.54, 1.807) is 0 Å². The number of nitrogens with zero attached hydrogens (tertiary/aromatic N) is 2. The Balaban J connectivity index is 1.89. The second-order valence-corrected chi connectivity index (χ2v) is 6.28. The van der Waals surface area contributed by atoms with E-state index in [0.29, 0.717) is 12.0 Å². The third-order valence-electron chi connectivity index (χ3n) is 3.56. The molecule has 1 saturated heterocycles. The first-order chi connectivity index (χ1) is 9.20. The highest BCUT2D eigenvalue weighted by Gasteiger charge is 2.25. The lowest BCUT2D eigenvalue weighted by Crippen LogP contribution is -2.39. The molecule has 0 amide bonds. The summed E-state index contributed by atoms with van der Waals surface area (Å²) in [7, 11) is 2.02. The number of rotatable bonds is 7. The molecule has 19 heavy (non-hydrogen) atoms. The van der Waals surface area contributed by atoms with Gasteiger partial charge in [-0.25, -0.2) is 0 Å². The van der Waals surface area contributed by atoms with E-state index < -0.39 is 0 Å². The Labute approximate surface area is 120 Å². The van der Waals surface area contributed by atoms with Gasteiger partial charge < -0.3 is 10.1 Å². The molecule has 1 N–H and O–H groups in total. The van der Waals surface area contributed by atoms with Crippen molar-refractivity contribution in [3.8, 4) is 0 Å². The van der Waals surface area contributed by atoms with Gasteiger partial charge in [-0.2, -0.15) is 5.10 Å². The van der Waals surface area contributed by atoms with Crippen LogP contribution in [-0.2, 0) is 11.8 Å². The van der Waals surface area contributed by atoms with Gasteiger partial charge >= 0.3 is 0 Å². The summed E-state index contributed by atoms with van der Waals surface area (Å²) in [6.07, 6.45) is 2.37. The minimum atomic E-state index is 0.544. The lowest BCUT2D eigenvalue weighted by Gasteiger charge is -2.23. The number of thioether (sulfide) groups is 1. The van der Waals surface area contributed by atoms with Crippen molar-refractivity contribution in [2.24, 2.45) is 13.0 Å². The molecule has 1 aromatic rings. The molecule has 1 aliphatic rings. The van der Waals surface area contributed by atoms with E-state index in [4.69, 9.17) is 4.74 Å². The maximum atomic E-state index is 5.53. The second-order valence-electron chi connectivity index (χ2n) is 5.24. The Morgan fingerprint density at radius 3 is 3.05 bits per heavy atom. The van der Waals surface area contributed by atoms with Crippen molar-refractivity contribution < 1.29 is 4.74 Å². The fourth-order valence-corrected chi connectivity index (χ4v) is 3.68. The van der Waals surface area contributed by atoms with E-state index in [9.17, 15) is 0 Å². The Kier molecular flexibility index (Phi) is 5.73. The minimum absolute atomic E-state index is 0.544. The molecule has 2 unspecified atom stereocenters. The van der Waals surface area contributed by atoms with Gasteiger partial charge in [0.1, 0.15) is 0 Å². The summed E-state index contributed by atoms with van der Waals surface area (Å²) in [5.41, 5.74) is 1.09. The molecule has 2 heterocycles. The maximum absolute atomic E-state index is 5.53. The van der Waals surface area contributed by atoms with Crippen molar-refractivity contribution >= 4 is 11.8 Å². The van der Waals surface area contributed by atoms with Crippen LogP contribution < -0.4 is 5.32 Å². The van der Waals surface area contributed by atoms with Crippen LogP contribution in [0.15, 0.2) is 11.1 Å². The zero-order valence-corrected chi connectivity index (χ0v) is 13.0. The molecule has 0 radical (unpaired) electrons. The maximum Gasteiger partial charge on any atom is 0.0939 e. The van der Waals surface area contributed by atoms with Crippen molar-refractivity contribution in [2.45, 2.75) is 37.8 Å². The largest absolute Gasteiger partial charge is 0.381 e. The molecular weight excluding hydrogens is 258 g/mol. The summed E-state index contributed by atoms with van der Waals surface area (Å²) in [5, 5.41) is 9.33. The first-order valence-corrected chi connectivity index (χ1v) is 8.13. The number of hydrogen-bond donors (Lipinski definition) is 1. The predicted octanol–water partition coefficient (Wildman–Crippen LogP) is 2.23. The molecule has 108 valence electrons. The first-order valence-electron chi connectivity index (χ1n) is 7.15. The molecule has 1 aliphatic heterocycles. The molecular formula is C14H25N3OS. The number of aryl methyl sites for hydroxylation is 2. The zero-order chi connectivity index (χ0) is 13.7. The van der Waals surface area contributed by atoms with Gasteiger partial charge in [-0.1, -0.05) is 6.92 Å². The van der Waals surface area contributed by atoms with E-state index in [1.807, 2.05) is 30.4 Å². The van der Waals surface area contributed by atoms with E-state index >= 15 is 0 Å². The summed E-state index contributed by atoms with van der Waals surface area (Å²) in [4.78, 5) is 0. The molecule has 0 spiro atoms. The lowest BCUT2D eigenvalue weighted by atomic mass is 10.0. The van der Waals surface area contributed by atoms with Crippen LogP contribution in [0.1, 0.15) is 25.5 Å². The van der Waals surface area contributed by atoms with Crippen LogP contribution in [-0.4, -0.2) is 41.3 Å². The Bertz CT molecular complexity index is 388. The van der Waals surface area contributed by atoms with E-state index in [-0.39, 0.29) is 0 Å². The third kappa shape index (κ3) is 4.23. The van der Waals surface area contributed by atoms with Gasteiger partial charge in [0, 0.05) is 31.4 Å². The van der Waals surface area contributed by atoms with Gasteiger partial charge in [0.25, 0.3) is 0 Å². The monoisotopic (exact) mass is 283 g/mol. The van der Waals surface area contributed by atoms with E-state index in [2.05, 4.69) is 23.4 Å². The normalized spacial score (nSPS) is 20.9. The first kappa shape index (κ1) is 14.9. The Morgan fingerprint density at radius 1 is 1.63 bits per heavy atom. The Morgan fingerprint density at radius 2 is 2.47 bits per heavy atom. The Hall–Kier alpha value is -0.520. The quantitative estimate of drug-likeness (QED) is 0.779. The highest BCUT2D eigenvalue weighted by Crippen LogP contribution is 2.24.